The van der Waals surface area contributed by atoms with Crippen LogP contribution in [0.25, 0.3) is 11.6 Å². The van der Waals surface area contributed by atoms with Crippen LogP contribution >= 0.6 is 0 Å². The lowest BCUT2D eigenvalue weighted by Gasteiger charge is -2.34. The van der Waals surface area contributed by atoms with Crippen molar-refractivity contribution in [1.29, 1.82) is 0 Å². The van der Waals surface area contributed by atoms with E-state index in [0.29, 0.717) is 82.2 Å². The van der Waals surface area contributed by atoms with E-state index in [2.05, 4.69) is 5.32 Å². The van der Waals surface area contributed by atoms with Crippen LogP contribution in [0.4, 0.5) is 0 Å². The van der Waals surface area contributed by atoms with E-state index in [4.69, 9.17) is 47.4 Å². The molecule has 0 aromatic heterocycles. The first kappa shape index (κ1) is 39.8. The summed E-state index contributed by atoms with van der Waals surface area (Å²) in [5.41, 5.74) is 3.15. The molecule has 1 aliphatic carbocycles. The van der Waals surface area contributed by atoms with Gasteiger partial charge in [0.05, 0.1) is 62.4 Å². The molecule has 0 radical (unpaired) electrons. The number of phenolic OH excluding ortho intramolecular Hbond substituents is 1. The lowest BCUT2D eigenvalue weighted by atomic mass is 9.79. The second-order valence-electron chi connectivity index (χ2n) is 12.2. The number of amides is 1. The second-order valence-corrected chi connectivity index (χ2v) is 12.2. The molecule has 4 aromatic rings. The van der Waals surface area contributed by atoms with E-state index in [-0.39, 0.29) is 30.6 Å². The predicted molar refractivity (Wildman–Crippen MR) is 202 cm³/mol. The molecule has 4 aromatic carbocycles. The van der Waals surface area contributed by atoms with Crippen molar-refractivity contribution in [1.82, 2.24) is 5.32 Å². The molecule has 0 spiro atoms. The lowest BCUT2D eigenvalue weighted by molar-refractivity contribution is -0.130. The van der Waals surface area contributed by atoms with Gasteiger partial charge in [0, 0.05) is 11.5 Å². The lowest BCUT2D eigenvalue weighted by Crippen LogP contribution is -2.38. The second kappa shape index (κ2) is 18.5. The average Bonchev–Trinajstić information content (AvgIpc) is 3.68. The molecule has 2 N–H and O–H groups in total. The molecule has 14 heteroatoms. The number of para-hydroxylation sites is 1. The molecule has 6 rings (SSSR count). The maximum absolute atomic E-state index is 14.3. The number of phenols is 1. The SMILES string of the molecule is COc1ccc(/C=C(/C(=O)N[C@@H]2c3cc4c(cc3CCC2COC=O)OCO4)c2cc(OC)c(OC)c(OC)c2)cc1O.COc1cccc(OC)c1OC. The van der Waals surface area contributed by atoms with Gasteiger partial charge in [0.1, 0.15) is 0 Å². The average molecular weight is 760 g/mol. The van der Waals surface area contributed by atoms with E-state index in [0.717, 1.165) is 11.1 Å². The van der Waals surface area contributed by atoms with Crippen LogP contribution in [0, 0.1) is 5.92 Å². The van der Waals surface area contributed by atoms with E-state index < -0.39 is 11.9 Å². The molecule has 1 amide bonds. The molecule has 0 fully saturated rings. The number of hydrogen-bond donors (Lipinski definition) is 2. The minimum atomic E-state index is -0.514. The van der Waals surface area contributed by atoms with E-state index in [9.17, 15) is 14.7 Å². The highest BCUT2D eigenvalue weighted by Crippen LogP contribution is 2.44. The summed E-state index contributed by atoms with van der Waals surface area (Å²) in [5, 5.41) is 13.6. The Kier molecular flexibility index (Phi) is 13.4. The van der Waals surface area contributed by atoms with Gasteiger partial charge in [-0.25, -0.2) is 0 Å². The number of ether oxygens (including phenoxy) is 10. The largest absolute Gasteiger partial charge is 0.504 e. The van der Waals surface area contributed by atoms with Crippen LogP contribution in [0.1, 0.15) is 34.7 Å². The van der Waals surface area contributed by atoms with Crippen molar-refractivity contribution in [3.8, 4) is 57.5 Å². The molecule has 2 atom stereocenters. The highest BCUT2D eigenvalue weighted by molar-refractivity contribution is 6.24. The van der Waals surface area contributed by atoms with Crippen LogP contribution in [0.5, 0.6) is 57.5 Å². The number of aromatic hydroxyl groups is 1. The Hall–Kier alpha value is -6.44. The number of carbonyl (C=O) groups is 2. The van der Waals surface area contributed by atoms with Gasteiger partial charge in [0.25, 0.3) is 12.4 Å². The number of methoxy groups -OCH3 is 7. The summed E-state index contributed by atoms with van der Waals surface area (Å²) >= 11 is 0. The maximum Gasteiger partial charge on any atom is 0.293 e. The third-order valence-corrected chi connectivity index (χ3v) is 9.21. The smallest absolute Gasteiger partial charge is 0.293 e. The maximum atomic E-state index is 14.3. The van der Waals surface area contributed by atoms with Crippen LogP contribution in [-0.4, -0.2) is 80.7 Å². The van der Waals surface area contributed by atoms with Gasteiger partial charge >= 0.3 is 0 Å². The van der Waals surface area contributed by atoms with E-state index in [1.165, 1.54) is 34.5 Å². The first-order valence-corrected chi connectivity index (χ1v) is 17.2. The first-order valence-electron chi connectivity index (χ1n) is 17.2. The molecule has 14 nitrogen and oxygen atoms in total. The monoisotopic (exact) mass is 759 g/mol. The Morgan fingerprint density at radius 2 is 1.36 bits per heavy atom. The molecule has 0 bridgehead atoms. The molecule has 55 heavy (non-hydrogen) atoms. The van der Waals surface area contributed by atoms with Crippen molar-refractivity contribution in [3.63, 3.8) is 0 Å². The number of carbonyl (C=O) groups excluding carboxylic acids is 2. The zero-order valence-electron chi connectivity index (χ0n) is 31.8. The first-order chi connectivity index (χ1) is 26.7. The van der Waals surface area contributed by atoms with Crippen LogP contribution < -0.4 is 47.9 Å². The fourth-order valence-corrected chi connectivity index (χ4v) is 6.52. The Balaban J connectivity index is 0.000000413. The van der Waals surface area contributed by atoms with Gasteiger partial charge in [0.2, 0.25) is 18.3 Å². The van der Waals surface area contributed by atoms with Gasteiger partial charge < -0.3 is 57.8 Å². The van der Waals surface area contributed by atoms with Crippen LogP contribution in [0.15, 0.2) is 60.7 Å². The van der Waals surface area contributed by atoms with Crippen molar-refractivity contribution in [2.24, 2.45) is 5.92 Å². The molecule has 2 aliphatic rings. The third-order valence-electron chi connectivity index (χ3n) is 9.21. The number of hydrogen-bond acceptors (Lipinski definition) is 13. The molecular weight excluding hydrogens is 714 g/mol. The Morgan fingerprint density at radius 3 is 1.93 bits per heavy atom. The molecule has 0 saturated carbocycles. The van der Waals surface area contributed by atoms with E-state index >= 15 is 0 Å². The fraction of sp³-hybridized carbons (Fsp3) is 0.317. The number of benzene rings is 4. The highest BCUT2D eigenvalue weighted by Gasteiger charge is 2.34. The predicted octanol–water partition coefficient (Wildman–Crippen LogP) is 6.00. The molecule has 292 valence electrons. The van der Waals surface area contributed by atoms with Gasteiger partial charge in [-0.05, 0) is 89.7 Å². The molecule has 1 unspecified atom stereocenters. The summed E-state index contributed by atoms with van der Waals surface area (Å²) in [6, 6.07) is 17.0. The Labute approximate surface area is 319 Å². The zero-order chi connectivity index (χ0) is 39.5. The van der Waals surface area contributed by atoms with Crippen molar-refractivity contribution < 1.29 is 62.1 Å². The Bertz CT molecular complexity index is 1960. The summed E-state index contributed by atoms with van der Waals surface area (Å²) in [5.74, 6) is 3.92. The third kappa shape index (κ3) is 8.86. The van der Waals surface area contributed by atoms with E-state index in [1.54, 1.807) is 51.7 Å². The Morgan fingerprint density at radius 1 is 0.764 bits per heavy atom. The summed E-state index contributed by atoms with van der Waals surface area (Å²) < 4.78 is 53.4. The van der Waals surface area contributed by atoms with Crippen LogP contribution in [0.3, 0.4) is 0 Å². The van der Waals surface area contributed by atoms with E-state index in [1.807, 2.05) is 30.3 Å². The standard InChI is InChI=1S/C32H33NO10.C9H12O3/c1-37-25-8-5-18(10-24(25)35)9-23(21-12-28(38-2)31(40-4)29(13-21)39-3)32(36)33-30-20(15-41-16-34)7-6-19-11-26-27(14-22(19)30)43-17-42-26;1-10-7-5-4-6-8(11-2)9(7)12-3/h5,8-14,16,20,30,35H,6-7,15,17H2,1-4H3,(H,33,36);4-6H,1-3H3/b23-9+;/t20?,30-;/m0./s1. The zero-order valence-corrected chi connectivity index (χ0v) is 31.8. The highest BCUT2D eigenvalue weighted by atomic mass is 16.7. The quantitative estimate of drug-likeness (QED) is 0.0877. The number of nitrogens with one attached hydrogen (secondary N) is 1. The van der Waals surface area contributed by atoms with Crippen molar-refractivity contribution >= 4 is 24.0 Å². The van der Waals surface area contributed by atoms with Crippen molar-refractivity contribution in [3.05, 3.63) is 82.9 Å². The minimum Gasteiger partial charge on any atom is -0.504 e. The van der Waals surface area contributed by atoms with Crippen molar-refractivity contribution in [2.75, 3.05) is 63.2 Å². The van der Waals surface area contributed by atoms with Gasteiger partial charge in [-0.15, -0.1) is 0 Å². The summed E-state index contributed by atoms with van der Waals surface area (Å²) in [4.78, 5) is 25.4. The molecule has 1 heterocycles. The number of fused-ring (bicyclic) bond motifs is 2. The summed E-state index contributed by atoms with van der Waals surface area (Å²) in [6.45, 7) is 0.652. The number of aryl methyl sites for hydroxylation is 1. The molecule has 1 aliphatic heterocycles. The summed E-state index contributed by atoms with van der Waals surface area (Å²) in [7, 11) is 10.7. The topological polar surface area (TPSA) is 159 Å². The van der Waals surface area contributed by atoms with Gasteiger partial charge in [-0.3, -0.25) is 9.59 Å². The van der Waals surface area contributed by atoms with Crippen LogP contribution in [-0.2, 0) is 20.7 Å². The van der Waals surface area contributed by atoms with Gasteiger partial charge in [-0.1, -0.05) is 12.1 Å². The van der Waals surface area contributed by atoms with Gasteiger partial charge in [-0.2, -0.15) is 0 Å². The molecule has 0 saturated heterocycles. The van der Waals surface area contributed by atoms with Crippen molar-refractivity contribution in [2.45, 2.75) is 18.9 Å². The van der Waals surface area contributed by atoms with Crippen LogP contribution in [0.2, 0.25) is 0 Å². The summed E-state index contributed by atoms with van der Waals surface area (Å²) in [6.07, 6.45) is 3.03. The van der Waals surface area contributed by atoms with Gasteiger partial charge in [0.15, 0.2) is 46.0 Å². The molecular formula is C41H45NO13. The number of rotatable bonds is 14. The normalized spacial score (nSPS) is 15.3. The minimum absolute atomic E-state index is 0.0794. The fourth-order valence-electron chi connectivity index (χ4n) is 6.52.